The van der Waals surface area contributed by atoms with E-state index in [4.69, 9.17) is 23.8 Å². The fourth-order valence-electron chi connectivity index (χ4n) is 2.28. The number of aryl methyl sites for hydroxylation is 1. The minimum atomic E-state index is -0.528. The molecule has 122 valence electrons. The molecule has 8 heteroatoms. The second kappa shape index (κ2) is 6.54. The monoisotopic (exact) mass is 360 g/mol. The normalized spacial score (nSPS) is 16.7. The van der Waals surface area contributed by atoms with Crippen molar-refractivity contribution >= 4 is 52.5 Å². The zero-order valence-electron chi connectivity index (χ0n) is 12.7. The van der Waals surface area contributed by atoms with E-state index in [2.05, 4.69) is 10.4 Å². The van der Waals surface area contributed by atoms with Crippen molar-refractivity contribution in [3.63, 3.8) is 0 Å². The summed E-state index contributed by atoms with van der Waals surface area (Å²) in [5.74, 6) is -1.02. The highest BCUT2D eigenvalue weighted by Crippen LogP contribution is 2.23. The number of amides is 2. The summed E-state index contributed by atoms with van der Waals surface area (Å²) >= 11 is 11.0. The Bertz CT molecular complexity index is 857. The largest absolute Gasteiger partial charge is 0.298 e. The van der Waals surface area contributed by atoms with Crippen LogP contribution in [0.15, 0.2) is 42.2 Å². The van der Waals surface area contributed by atoms with E-state index in [0.717, 1.165) is 0 Å². The number of halogens is 1. The van der Waals surface area contributed by atoms with Gasteiger partial charge in [0.15, 0.2) is 5.11 Å². The van der Waals surface area contributed by atoms with Crippen LogP contribution in [0, 0.1) is 0 Å². The number of nitrogens with zero attached hydrogens (tertiary/aromatic N) is 3. The summed E-state index contributed by atoms with van der Waals surface area (Å²) in [5.41, 5.74) is 1.19. The summed E-state index contributed by atoms with van der Waals surface area (Å²) in [7, 11) is 0. The van der Waals surface area contributed by atoms with Gasteiger partial charge in [0, 0.05) is 23.3 Å². The summed E-state index contributed by atoms with van der Waals surface area (Å²) in [5, 5.41) is 7.24. The lowest BCUT2D eigenvalue weighted by Crippen LogP contribution is -2.54. The molecule has 1 fully saturated rings. The average molecular weight is 361 g/mol. The van der Waals surface area contributed by atoms with Crippen molar-refractivity contribution in [3.05, 3.63) is 52.8 Å². The maximum absolute atomic E-state index is 12.8. The van der Waals surface area contributed by atoms with Gasteiger partial charge in [-0.05, 0) is 49.5 Å². The SMILES string of the molecule is CCn1cc(C=C2C(=O)NC(=S)N(c3ccc(Cl)cc3)C2=O)cn1. The standard InChI is InChI=1S/C16H13ClN4O2S/c1-2-20-9-10(8-18-20)7-13-14(22)19-16(24)21(15(13)23)12-5-3-11(17)4-6-12/h3-9H,2H2,1H3,(H,19,22,24). The molecule has 0 spiro atoms. The van der Waals surface area contributed by atoms with Crippen LogP contribution >= 0.6 is 23.8 Å². The zero-order chi connectivity index (χ0) is 17.3. The Labute approximate surface area is 148 Å². The molecule has 0 aliphatic carbocycles. The molecular formula is C16H13ClN4O2S. The second-order valence-corrected chi connectivity index (χ2v) is 5.89. The maximum Gasteiger partial charge on any atom is 0.270 e. The van der Waals surface area contributed by atoms with Gasteiger partial charge >= 0.3 is 0 Å². The van der Waals surface area contributed by atoms with E-state index in [1.165, 1.54) is 11.0 Å². The van der Waals surface area contributed by atoms with Gasteiger partial charge < -0.3 is 0 Å². The van der Waals surface area contributed by atoms with Crippen LogP contribution in [-0.2, 0) is 16.1 Å². The van der Waals surface area contributed by atoms with Gasteiger partial charge in [-0.15, -0.1) is 0 Å². The highest BCUT2D eigenvalue weighted by atomic mass is 35.5. The molecule has 2 aromatic rings. The third-order valence-electron chi connectivity index (χ3n) is 3.47. The first kappa shape index (κ1) is 16.4. The quantitative estimate of drug-likeness (QED) is 0.518. The molecule has 0 unspecified atom stereocenters. The van der Waals surface area contributed by atoms with E-state index in [9.17, 15) is 9.59 Å². The van der Waals surface area contributed by atoms with Crippen molar-refractivity contribution in [3.8, 4) is 0 Å². The van der Waals surface area contributed by atoms with E-state index in [1.807, 2.05) is 6.92 Å². The molecule has 1 aromatic carbocycles. The highest BCUT2D eigenvalue weighted by Gasteiger charge is 2.34. The summed E-state index contributed by atoms with van der Waals surface area (Å²) in [6.07, 6.45) is 4.85. The predicted molar refractivity (Wildman–Crippen MR) is 95.6 cm³/mol. The van der Waals surface area contributed by atoms with E-state index in [0.29, 0.717) is 22.8 Å². The molecule has 0 saturated carbocycles. The van der Waals surface area contributed by atoms with Gasteiger partial charge in [-0.3, -0.25) is 24.5 Å². The number of hydrogen-bond acceptors (Lipinski definition) is 4. The van der Waals surface area contributed by atoms with Crippen LogP contribution in [0.4, 0.5) is 5.69 Å². The Morgan fingerprint density at radius 2 is 2.00 bits per heavy atom. The lowest BCUT2D eigenvalue weighted by molar-refractivity contribution is -0.122. The van der Waals surface area contributed by atoms with Crippen LogP contribution in [0.2, 0.25) is 5.02 Å². The summed E-state index contributed by atoms with van der Waals surface area (Å²) in [6.45, 7) is 2.65. The van der Waals surface area contributed by atoms with Gasteiger partial charge in [0.05, 0.1) is 11.9 Å². The topological polar surface area (TPSA) is 67.2 Å². The number of benzene rings is 1. The van der Waals surface area contributed by atoms with Crippen LogP contribution in [-0.4, -0.2) is 26.7 Å². The zero-order valence-corrected chi connectivity index (χ0v) is 14.3. The fraction of sp³-hybridized carbons (Fsp3) is 0.125. The molecule has 0 bridgehead atoms. The van der Waals surface area contributed by atoms with E-state index < -0.39 is 11.8 Å². The van der Waals surface area contributed by atoms with Crippen LogP contribution in [0.5, 0.6) is 0 Å². The number of rotatable bonds is 3. The first-order valence-electron chi connectivity index (χ1n) is 7.19. The van der Waals surface area contributed by atoms with Gasteiger partial charge in [-0.25, -0.2) is 0 Å². The maximum atomic E-state index is 12.8. The first-order chi connectivity index (χ1) is 11.5. The predicted octanol–water partition coefficient (Wildman–Crippen LogP) is 2.39. The van der Waals surface area contributed by atoms with E-state index >= 15 is 0 Å². The van der Waals surface area contributed by atoms with Crippen LogP contribution in [0.3, 0.4) is 0 Å². The van der Waals surface area contributed by atoms with Crippen molar-refractivity contribution in [2.24, 2.45) is 0 Å². The second-order valence-electron chi connectivity index (χ2n) is 5.06. The number of nitrogens with one attached hydrogen (secondary N) is 1. The molecule has 2 amide bonds. The van der Waals surface area contributed by atoms with Crippen LogP contribution < -0.4 is 10.2 Å². The minimum Gasteiger partial charge on any atom is -0.298 e. The summed E-state index contributed by atoms with van der Waals surface area (Å²) in [4.78, 5) is 26.2. The Kier molecular flexibility index (Phi) is 4.46. The molecule has 3 rings (SSSR count). The summed E-state index contributed by atoms with van der Waals surface area (Å²) in [6, 6.07) is 6.63. The van der Waals surface area contributed by atoms with Gasteiger partial charge in [-0.1, -0.05) is 11.6 Å². The third kappa shape index (κ3) is 3.08. The smallest absolute Gasteiger partial charge is 0.270 e. The molecular weight excluding hydrogens is 348 g/mol. The third-order valence-corrected chi connectivity index (χ3v) is 4.01. The van der Waals surface area contributed by atoms with E-state index in [-0.39, 0.29) is 10.7 Å². The Hall–Kier alpha value is -2.51. The molecule has 1 aliphatic rings. The first-order valence-corrected chi connectivity index (χ1v) is 7.97. The molecule has 1 aromatic heterocycles. The Morgan fingerprint density at radius 3 is 2.62 bits per heavy atom. The Morgan fingerprint density at radius 1 is 1.29 bits per heavy atom. The molecule has 0 atom stereocenters. The van der Waals surface area contributed by atoms with Crippen molar-refractivity contribution < 1.29 is 9.59 Å². The molecule has 6 nitrogen and oxygen atoms in total. The molecule has 24 heavy (non-hydrogen) atoms. The average Bonchev–Trinajstić information content (AvgIpc) is 3.01. The molecule has 2 heterocycles. The van der Waals surface area contributed by atoms with Crippen LogP contribution in [0.1, 0.15) is 12.5 Å². The number of carbonyl (C=O) groups excluding carboxylic acids is 2. The lowest BCUT2D eigenvalue weighted by Gasteiger charge is -2.28. The van der Waals surface area contributed by atoms with Gasteiger partial charge in [0.25, 0.3) is 11.8 Å². The lowest BCUT2D eigenvalue weighted by atomic mass is 10.1. The van der Waals surface area contributed by atoms with Gasteiger partial charge in [0.2, 0.25) is 0 Å². The highest BCUT2D eigenvalue weighted by molar-refractivity contribution is 7.80. The number of hydrogen-bond donors (Lipinski definition) is 1. The van der Waals surface area contributed by atoms with Gasteiger partial charge in [-0.2, -0.15) is 5.10 Å². The molecule has 0 radical (unpaired) electrons. The minimum absolute atomic E-state index is 0.00537. The molecule has 1 saturated heterocycles. The van der Waals surface area contributed by atoms with Crippen molar-refractivity contribution in [2.75, 3.05) is 4.90 Å². The van der Waals surface area contributed by atoms with Crippen molar-refractivity contribution in [2.45, 2.75) is 13.5 Å². The molecule has 1 N–H and O–H groups in total. The number of carbonyl (C=O) groups is 2. The number of aromatic nitrogens is 2. The molecule has 1 aliphatic heterocycles. The van der Waals surface area contributed by atoms with Crippen molar-refractivity contribution in [1.82, 2.24) is 15.1 Å². The van der Waals surface area contributed by atoms with Gasteiger partial charge in [0.1, 0.15) is 5.57 Å². The van der Waals surface area contributed by atoms with Crippen molar-refractivity contribution in [1.29, 1.82) is 0 Å². The van der Waals surface area contributed by atoms with E-state index in [1.54, 1.807) is 41.3 Å². The number of thiocarbonyl (C=S) groups is 1. The Balaban J connectivity index is 1.98. The number of anilines is 1. The fourth-order valence-corrected chi connectivity index (χ4v) is 2.68. The van der Waals surface area contributed by atoms with Crippen LogP contribution in [0.25, 0.3) is 6.08 Å². The summed E-state index contributed by atoms with van der Waals surface area (Å²) < 4.78 is 1.71.